The standard InChI is InChI=1S/C20H23N7O4S/c1-31-15-3-2-14(27(29)30)10-16(15)32-20-24-17-18(21)22-11-23-19(17)26(20)9-6-13-4-7-25(12-28)8-5-13/h2-3,10-13H,4-9H2,1H3,(H2,21,22,23). The Labute approximate surface area is 188 Å². The molecule has 2 aromatic heterocycles. The summed E-state index contributed by atoms with van der Waals surface area (Å²) in [7, 11) is 1.52. The van der Waals surface area contributed by atoms with Gasteiger partial charge in [0.15, 0.2) is 22.1 Å². The van der Waals surface area contributed by atoms with E-state index in [1.807, 2.05) is 4.57 Å². The topological polar surface area (TPSA) is 142 Å². The van der Waals surface area contributed by atoms with Crippen LogP contribution in [0.1, 0.15) is 19.3 Å². The molecule has 0 bridgehead atoms. The Bertz CT molecular complexity index is 1140. The van der Waals surface area contributed by atoms with Gasteiger partial charge in [0.2, 0.25) is 6.41 Å². The van der Waals surface area contributed by atoms with Crippen LogP contribution in [0.4, 0.5) is 11.5 Å². The molecule has 11 nitrogen and oxygen atoms in total. The molecule has 32 heavy (non-hydrogen) atoms. The van der Waals surface area contributed by atoms with Crippen LogP contribution in [0.5, 0.6) is 5.75 Å². The van der Waals surface area contributed by atoms with E-state index >= 15 is 0 Å². The van der Waals surface area contributed by atoms with Crippen molar-refractivity contribution in [1.29, 1.82) is 0 Å². The van der Waals surface area contributed by atoms with E-state index in [9.17, 15) is 14.9 Å². The molecule has 3 aromatic rings. The van der Waals surface area contributed by atoms with Crippen LogP contribution in [0.3, 0.4) is 0 Å². The number of imidazole rings is 1. The Hall–Kier alpha value is -3.41. The molecule has 1 aliphatic rings. The van der Waals surface area contributed by atoms with Gasteiger partial charge in [-0.25, -0.2) is 15.0 Å². The molecule has 1 fully saturated rings. The number of aromatic nitrogens is 4. The minimum absolute atomic E-state index is 0.0304. The van der Waals surface area contributed by atoms with Crippen LogP contribution in [-0.2, 0) is 11.3 Å². The highest BCUT2D eigenvalue weighted by Crippen LogP contribution is 2.38. The van der Waals surface area contributed by atoms with Gasteiger partial charge >= 0.3 is 0 Å². The number of carbonyl (C=O) groups excluding carboxylic acids is 1. The van der Waals surface area contributed by atoms with E-state index in [0.717, 1.165) is 38.8 Å². The zero-order valence-electron chi connectivity index (χ0n) is 17.5. The third-order valence-corrected chi connectivity index (χ3v) is 6.68. The van der Waals surface area contributed by atoms with Crippen molar-refractivity contribution in [2.75, 3.05) is 25.9 Å². The van der Waals surface area contributed by atoms with Crippen molar-refractivity contribution >= 4 is 40.8 Å². The summed E-state index contributed by atoms with van der Waals surface area (Å²) in [5.41, 5.74) is 7.12. The number of nitro benzene ring substituents is 1. The summed E-state index contributed by atoms with van der Waals surface area (Å²) < 4.78 is 7.37. The lowest BCUT2D eigenvalue weighted by Crippen LogP contribution is -2.32. The number of hydrogen-bond donors (Lipinski definition) is 1. The van der Waals surface area contributed by atoms with Crippen LogP contribution < -0.4 is 10.5 Å². The molecule has 0 aliphatic carbocycles. The van der Waals surface area contributed by atoms with Crippen molar-refractivity contribution in [2.24, 2.45) is 5.92 Å². The smallest absolute Gasteiger partial charge is 0.270 e. The van der Waals surface area contributed by atoms with Gasteiger partial charge in [0, 0.05) is 31.8 Å². The molecule has 4 rings (SSSR count). The van der Waals surface area contributed by atoms with Gasteiger partial charge in [-0.2, -0.15) is 0 Å². The van der Waals surface area contributed by atoms with Gasteiger partial charge in [0.25, 0.3) is 5.69 Å². The number of fused-ring (bicyclic) bond motifs is 1. The number of benzene rings is 1. The second-order valence-corrected chi connectivity index (χ2v) is 8.55. The molecular weight excluding hydrogens is 434 g/mol. The first kappa shape index (κ1) is 21.8. The number of hydrogen-bond acceptors (Lipinski definition) is 9. The first-order valence-electron chi connectivity index (χ1n) is 10.2. The SMILES string of the molecule is COc1ccc([N+](=O)[O-])cc1Sc1nc2c(N)ncnc2n1CCC1CCN(C=O)CC1. The Morgan fingerprint density at radius 1 is 1.34 bits per heavy atom. The Morgan fingerprint density at radius 3 is 2.81 bits per heavy atom. The summed E-state index contributed by atoms with van der Waals surface area (Å²) in [5, 5.41) is 11.9. The number of non-ortho nitro benzene ring substituents is 1. The van der Waals surface area contributed by atoms with E-state index < -0.39 is 4.92 Å². The van der Waals surface area contributed by atoms with Gasteiger partial charge in [-0.3, -0.25) is 14.9 Å². The van der Waals surface area contributed by atoms with Crippen LogP contribution >= 0.6 is 11.8 Å². The van der Waals surface area contributed by atoms with Crippen molar-refractivity contribution in [3.05, 3.63) is 34.6 Å². The maximum absolute atomic E-state index is 11.3. The molecule has 1 aromatic carbocycles. The predicted octanol–water partition coefficient (Wildman–Crippen LogP) is 2.74. The summed E-state index contributed by atoms with van der Waals surface area (Å²) >= 11 is 1.27. The van der Waals surface area contributed by atoms with E-state index in [1.54, 1.807) is 11.0 Å². The molecule has 12 heteroatoms. The fourth-order valence-electron chi connectivity index (χ4n) is 3.83. The highest BCUT2D eigenvalue weighted by molar-refractivity contribution is 7.99. The normalized spacial score (nSPS) is 14.6. The molecule has 0 atom stereocenters. The zero-order valence-corrected chi connectivity index (χ0v) is 18.3. The zero-order chi connectivity index (χ0) is 22.7. The molecule has 1 aliphatic heterocycles. The van der Waals surface area contributed by atoms with Crippen molar-refractivity contribution < 1.29 is 14.5 Å². The maximum atomic E-state index is 11.3. The number of anilines is 1. The quantitative estimate of drug-likeness (QED) is 0.307. The van der Waals surface area contributed by atoms with E-state index in [2.05, 4.69) is 15.0 Å². The van der Waals surface area contributed by atoms with Gasteiger partial charge < -0.3 is 19.9 Å². The average molecular weight is 458 g/mol. The lowest BCUT2D eigenvalue weighted by Gasteiger charge is -2.29. The van der Waals surface area contributed by atoms with Crippen LogP contribution in [-0.4, -0.2) is 56.0 Å². The van der Waals surface area contributed by atoms with E-state index in [-0.39, 0.29) is 11.5 Å². The molecule has 0 saturated carbocycles. The van der Waals surface area contributed by atoms with Crippen LogP contribution in [0, 0.1) is 16.0 Å². The summed E-state index contributed by atoms with van der Waals surface area (Å²) in [6, 6.07) is 4.45. The fraction of sp³-hybridized carbons (Fsp3) is 0.400. The number of piperidine rings is 1. The number of ether oxygens (including phenoxy) is 1. The Balaban J connectivity index is 1.64. The minimum atomic E-state index is -0.443. The number of rotatable bonds is 8. The molecule has 2 N–H and O–H groups in total. The highest BCUT2D eigenvalue weighted by atomic mass is 32.2. The van der Waals surface area contributed by atoms with Crippen LogP contribution in [0.25, 0.3) is 11.2 Å². The number of aryl methyl sites for hydroxylation is 1. The number of nitrogen functional groups attached to an aromatic ring is 1. The van der Waals surface area contributed by atoms with Gasteiger partial charge in [-0.1, -0.05) is 0 Å². The number of nitrogens with two attached hydrogens (primary N) is 1. The molecule has 168 valence electrons. The molecule has 0 spiro atoms. The number of carbonyl (C=O) groups is 1. The summed E-state index contributed by atoms with van der Waals surface area (Å²) in [4.78, 5) is 37.2. The number of nitrogens with zero attached hydrogens (tertiary/aromatic N) is 6. The highest BCUT2D eigenvalue weighted by Gasteiger charge is 2.22. The van der Waals surface area contributed by atoms with Crippen LogP contribution in [0.15, 0.2) is 34.6 Å². The molecule has 1 saturated heterocycles. The maximum Gasteiger partial charge on any atom is 0.270 e. The molecule has 0 radical (unpaired) electrons. The number of methoxy groups -OCH3 is 1. The second-order valence-electron chi connectivity index (χ2n) is 7.54. The Morgan fingerprint density at radius 2 is 2.12 bits per heavy atom. The third-order valence-electron chi connectivity index (χ3n) is 5.64. The van der Waals surface area contributed by atoms with Gasteiger partial charge in [-0.05, 0) is 43.0 Å². The lowest BCUT2D eigenvalue weighted by atomic mass is 9.94. The van der Waals surface area contributed by atoms with Crippen molar-refractivity contribution in [1.82, 2.24) is 24.4 Å². The summed E-state index contributed by atoms with van der Waals surface area (Å²) in [6.45, 7) is 2.18. The monoisotopic (exact) mass is 457 g/mol. The number of amides is 1. The number of nitro groups is 1. The minimum Gasteiger partial charge on any atom is -0.496 e. The molecular formula is C20H23N7O4S. The van der Waals surface area contributed by atoms with Gasteiger partial charge in [0.1, 0.15) is 12.1 Å². The van der Waals surface area contributed by atoms with Crippen LogP contribution in [0.2, 0.25) is 0 Å². The van der Waals surface area contributed by atoms with E-state index in [4.69, 9.17) is 10.5 Å². The van der Waals surface area contributed by atoms with Crippen molar-refractivity contribution in [3.8, 4) is 5.75 Å². The molecule has 1 amide bonds. The predicted molar refractivity (Wildman–Crippen MR) is 118 cm³/mol. The largest absolute Gasteiger partial charge is 0.496 e. The van der Waals surface area contributed by atoms with Gasteiger partial charge in [-0.15, -0.1) is 0 Å². The molecule has 3 heterocycles. The lowest BCUT2D eigenvalue weighted by molar-refractivity contribution is -0.385. The van der Waals surface area contributed by atoms with E-state index in [0.29, 0.717) is 39.4 Å². The fourth-order valence-corrected chi connectivity index (χ4v) is 4.88. The second kappa shape index (κ2) is 9.39. The number of likely N-dealkylation sites (tertiary alicyclic amines) is 1. The van der Waals surface area contributed by atoms with Gasteiger partial charge in [0.05, 0.1) is 16.9 Å². The average Bonchev–Trinajstić information content (AvgIpc) is 3.16. The first-order chi connectivity index (χ1) is 15.5. The van der Waals surface area contributed by atoms with E-state index in [1.165, 1.54) is 37.3 Å². The van der Waals surface area contributed by atoms with Crippen molar-refractivity contribution in [2.45, 2.75) is 35.9 Å². The summed E-state index contributed by atoms with van der Waals surface area (Å²) in [5.74, 6) is 1.27. The summed E-state index contributed by atoms with van der Waals surface area (Å²) in [6.07, 6.45) is 5.09. The third kappa shape index (κ3) is 4.44. The van der Waals surface area contributed by atoms with Crippen molar-refractivity contribution in [3.63, 3.8) is 0 Å². The molecule has 0 unspecified atom stereocenters. The first-order valence-corrected chi connectivity index (χ1v) is 11.0. The Kier molecular flexibility index (Phi) is 6.40.